The summed E-state index contributed by atoms with van der Waals surface area (Å²) in [6, 6.07) is 8.96. The van der Waals surface area contributed by atoms with E-state index >= 15 is 0 Å². The Bertz CT molecular complexity index is 630. The Morgan fingerprint density at radius 3 is 2.53 bits per heavy atom. The van der Waals surface area contributed by atoms with E-state index in [1.54, 1.807) is 0 Å². The predicted molar refractivity (Wildman–Crippen MR) is 65.4 cm³/mol. The molecule has 0 spiro atoms. The van der Waals surface area contributed by atoms with Gasteiger partial charge >= 0.3 is 0 Å². The van der Waals surface area contributed by atoms with Crippen molar-refractivity contribution in [3.8, 4) is 11.5 Å². The molecule has 0 radical (unpaired) electrons. The summed E-state index contributed by atoms with van der Waals surface area (Å²) in [5.41, 5.74) is 5.50. The van der Waals surface area contributed by atoms with Crippen LogP contribution in [0.1, 0.15) is 5.56 Å². The van der Waals surface area contributed by atoms with Crippen LogP contribution in [0.5, 0.6) is 11.5 Å². The number of benzene rings is 2. The van der Waals surface area contributed by atoms with Gasteiger partial charge in [-0.25, -0.2) is 8.78 Å². The van der Waals surface area contributed by atoms with Crippen LogP contribution in [0.4, 0.5) is 8.78 Å². The Hall–Kier alpha value is -2.63. The molecule has 19 heavy (non-hydrogen) atoms. The Morgan fingerprint density at radius 1 is 1.11 bits per heavy atom. The normalized spacial score (nSPS) is 11.4. The van der Waals surface area contributed by atoms with Crippen LogP contribution in [0.2, 0.25) is 0 Å². The second-order valence-electron chi connectivity index (χ2n) is 3.69. The molecular weight excluding hydrogens is 254 g/mol. The Morgan fingerprint density at radius 2 is 1.84 bits per heavy atom. The maximum Gasteiger partial charge on any atom is 0.173 e. The summed E-state index contributed by atoms with van der Waals surface area (Å²) in [6.45, 7) is 0. The number of rotatable bonds is 3. The Balaban J connectivity index is 2.40. The lowest BCUT2D eigenvalue weighted by Crippen LogP contribution is -2.14. The highest BCUT2D eigenvalue weighted by Gasteiger charge is 2.11. The molecule has 2 aromatic rings. The van der Waals surface area contributed by atoms with Crippen LogP contribution in [0, 0.1) is 11.6 Å². The lowest BCUT2D eigenvalue weighted by Gasteiger charge is -2.10. The highest BCUT2D eigenvalue weighted by atomic mass is 19.1. The zero-order valence-corrected chi connectivity index (χ0v) is 9.68. The molecule has 0 saturated carbocycles. The molecule has 0 saturated heterocycles. The quantitative estimate of drug-likeness (QED) is 0.387. The first kappa shape index (κ1) is 12.8. The van der Waals surface area contributed by atoms with Gasteiger partial charge in [-0.2, -0.15) is 0 Å². The molecule has 0 aliphatic heterocycles. The minimum Gasteiger partial charge on any atom is -0.456 e. The van der Waals surface area contributed by atoms with Crippen molar-refractivity contribution in [1.82, 2.24) is 0 Å². The number of nitrogens with two attached hydrogens (primary N) is 1. The summed E-state index contributed by atoms with van der Waals surface area (Å²) in [5, 5.41) is 11.4. The maximum atomic E-state index is 13.1. The molecule has 3 N–H and O–H groups in total. The van der Waals surface area contributed by atoms with Gasteiger partial charge in [0, 0.05) is 6.07 Å². The minimum atomic E-state index is -0.562. The summed E-state index contributed by atoms with van der Waals surface area (Å²) >= 11 is 0. The van der Waals surface area contributed by atoms with E-state index in [1.165, 1.54) is 30.3 Å². The largest absolute Gasteiger partial charge is 0.456 e. The lowest BCUT2D eigenvalue weighted by atomic mass is 10.2. The number of halogens is 2. The summed E-state index contributed by atoms with van der Waals surface area (Å²) in [4.78, 5) is 0. The van der Waals surface area contributed by atoms with Gasteiger partial charge in [-0.1, -0.05) is 11.2 Å². The molecule has 0 bridgehead atoms. The molecule has 0 amide bonds. The zero-order valence-electron chi connectivity index (χ0n) is 9.68. The minimum absolute atomic E-state index is 0.0757. The number of hydrogen-bond donors (Lipinski definition) is 2. The summed E-state index contributed by atoms with van der Waals surface area (Å²) < 4.78 is 31.6. The number of nitrogens with zero attached hydrogens (tertiary/aromatic N) is 1. The van der Waals surface area contributed by atoms with E-state index in [2.05, 4.69) is 5.16 Å². The fourth-order valence-corrected chi connectivity index (χ4v) is 1.50. The second kappa shape index (κ2) is 5.34. The van der Waals surface area contributed by atoms with E-state index in [-0.39, 0.29) is 22.9 Å². The average Bonchev–Trinajstić information content (AvgIpc) is 2.40. The fourth-order valence-electron chi connectivity index (χ4n) is 1.50. The molecule has 0 fully saturated rings. The van der Waals surface area contributed by atoms with Gasteiger partial charge in [0.05, 0.1) is 5.56 Å². The van der Waals surface area contributed by atoms with Gasteiger partial charge in [0.1, 0.15) is 23.1 Å². The van der Waals surface area contributed by atoms with Gasteiger partial charge in [0.25, 0.3) is 0 Å². The predicted octanol–water partition coefficient (Wildman–Crippen LogP) is 2.85. The second-order valence-corrected chi connectivity index (χ2v) is 3.69. The molecule has 0 unspecified atom stereocenters. The fraction of sp³-hybridized carbons (Fsp3) is 0. The van der Waals surface area contributed by atoms with Crippen LogP contribution in [0.3, 0.4) is 0 Å². The molecule has 98 valence electrons. The van der Waals surface area contributed by atoms with Crippen LogP contribution >= 0.6 is 0 Å². The van der Waals surface area contributed by atoms with Gasteiger partial charge < -0.3 is 15.7 Å². The summed E-state index contributed by atoms with van der Waals surface area (Å²) in [5.74, 6) is -0.954. The van der Waals surface area contributed by atoms with Crippen molar-refractivity contribution in [3.63, 3.8) is 0 Å². The monoisotopic (exact) mass is 264 g/mol. The van der Waals surface area contributed by atoms with Crippen molar-refractivity contribution in [2.75, 3.05) is 0 Å². The highest BCUT2D eigenvalue weighted by Crippen LogP contribution is 2.26. The maximum absolute atomic E-state index is 13.1. The van der Waals surface area contributed by atoms with Gasteiger partial charge in [-0.3, -0.25) is 0 Å². The smallest absolute Gasteiger partial charge is 0.173 e. The lowest BCUT2D eigenvalue weighted by molar-refractivity contribution is 0.318. The van der Waals surface area contributed by atoms with Crippen LogP contribution in [-0.2, 0) is 0 Å². The van der Waals surface area contributed by atoms with Gasteiger partial charge in [-0.15, -0.1) is 0 Å². The SMILES string of the molecule is NC(=NO)c1cc(F)ccc1Oc1cccc(F)c1. The zero-order chi connectivity index (χ0) is 13.8. The molecule has 2 aromatic carbocycles. The molecule has 0 aliphatic rings. The van der Waals surface area contributed by atoms with Crippen LogP contribution in [0.15, 0.2) is 47.6 Å². The van der Waals surface area contributed by atoms with Crippen molar-refractivity contribution in [3.05, 3.63) is 59.7 Å². The first-order chi connectivity index (χ1) is 9.10. The van der Waals surface area contributed by atoms with Crippen LogP contribution in [-0.4, -0.2) is 11.0 Å². The molecule has 0 atom stereocenters. The van der Waals surface area contributed by atoms with Gasteiger partial charge in [0.2, 0.25) is 0 Å². The van der Waals surface area contributed by atoms with Crippen molar-refractivity contribution in [1.29, 1.82) is 0 Å². The number of hydrogen-bond acceptors (Lipinski definition) is 3. The van der Waals surface area contributed by atoms with Crippen molar-refractivity contribution in [2.24, 2.45) is 10.9 Å². The van der Waals surface area contributed by atoms with Crippen molar-refractivity contribution in [2.45, 2.75) is 0 Å². The van der Waals surface area contributed by atoms with Crippen LogP contribution < -0.4 is 10.5 Å². The summed E-state index contributed by atoms with van der Waals surface area (Å²) in [6.07, 6.45) is 0. The topological polar surface area (TPSA) is 67.8 Å². The molecular formula is C13H10F2N2O2. The number of amidine groups is 1. The first-order valence-corrected chi connectivity index (χ1v) is 5.31. The van der Waals surface area contributed by atoms with E-state index < -0.39 is 11.6 Å². The third-order valence-corrected chi connectivity index (χ3v) is 2.35. The first-order valence-electron chi connectivity index (χ1n) is 5.31. The van der Waals surface area contributed by atoms with E-state index in [1.807, 2.05) is 0 Å². The third-order valence-electron chi connectivity index (χ3n) is 2.35. The molecule has 4 nitrogen and oxygen atoms in total. The highest BCUT2D eigenvalue weighted by molar-refractivity contribution is 5.99. The molecule has 6 heteroatoms. The number of ether oxygens (including phenoxy) is 1. The standard InChI is InChI=1S/C13H10F2N2O2/c14-8-2-1-3-10(6-8)19-12-5-4-9(15)7-11(12)13(16)17-18/h1-7,18H,(H2,16,17). The Labute approximate surface area is 107 Å². The van der Waals surface area contributed by atoms with Gasteiger partial charge in [0.15, 0.2) is 5.84 Å². The van der Waals surface area contributed by atoms with E-state index in [4.69, 9.17) is 15.7 Å². The number of oxime groups is 1. The molecule has 2 rings (SSSR count). The van der Waals surface area contributed by atoms with E-state index in [9.17, 15) is 8.78 Å². The van der Waals surface area contributed by atoms with Crippen molar-refractivity contribution < 1.29 is 18.7 Å². The van der Waals surface area contributed by atoms with Crippen molar-refractivity contribution >= 4 is 5.84 Å². The average molecular weight is 264 g/mol. The summed E-state index contributed by atoms with van der Waals surface area (Å²) in [7, 11) is 0. The van der Waals surface area contributed by atoms with E-state index in [0.717, 1.165) is 12.1 Å². The Kier molecular flexibility index (Phi) is 3.61. The molecule has 0 heterocycles. The van der Waals surface area contributed by atoms with E-state index in [0.29, 0.717) is 0 Å². The molecule has 0 aromatic heterocycles. The third kappa shape index (κ3) is 2.98. The van der Waals surface area contributed by atoms with Gasteiger partial charge in [-0.05, 0) is 30.3 Å². The van der Waals surface area contributed by atoms with Crippen LogP contribution in [0.25, 0.3) is 0 Å². The molecule has 0 aliphatic carbocycles.